The number of nitrogens with two attached hydrogens (primary N) is 1. The largest absolute Gasteiger partial charge is 0.469 e. The Hall–Kier alpha value is -2.64. The van der Waals surface area contributed by atoms with Crippen LogP contribution < -0.4 is 5.73 Å². The van der Waals surface area contributed by atoms with Crippen molar-refractivity contribution in [2.75, 3.05) is 7.11 Å². The molecule has 0 aliphatic rings. The van der Waals surface area contributed by atoms with Crippen LogP contribution in [0.1, 0.15) is 29.2 Å². The number of ether oxygens (including phenoxy) is 1. The van der Waals surface area contributed by atoms with E-state index in [-0.39, 0.29) is 12.4 Å². The van der Waals surface area contributed by atoms with Crippen molar-refractivity contribution < 1.29 is 9.53 Å². The molecule has 0 aliphatic carbocycles. The van der Waals surface area contributed by atoms with Crippen LogP contribution in [-0.4, -0.2) is 13.1 Å². The van der Waals surface area contributed by atoms with Crippen molar-refractivity contribution in [3.63, 3.8) is 0 Å². The third-order valence-corrected chi connectivity index (χ3v) is 3.64. The van der Waals surface area contributed by atoms with E-state index in [0.29, 0.717) is 5.56 Å². The highest BCUT2D eigenvalue weighted by atomic mass is 16.5. The lowest BCUT2D eigenvalue weighted by molar-refractivity contribution is -0.141. The van der Waals surface area contributed by atoms with E-state index in [1.807, 2.05) is 37.3 Å². The van der Waals surface area contributed by atoms with Gasteiger partial charge in [0.25, 0.3) is 0 Å². The number of hydrogen-bond donors (Lipinski definition) is 1. The Kier molecular flexibility index (Phi) is 4.92. The van der Waals surface area contributed by atoms with Gasteiger partial charge in [-0.05, 0) is 35.7 Å². The fourth-order valence-corrected chi connectivity index (χ4v) is 2.37. The molecule has 1 atom stereocenters. The first-order valence-electron chi connectivity index (χ1n) is 6.99. The standard InChI is InChI=1S/C18H18N2O2/c1-12-5-3-4-6-15(12)16-9-13(7-8-14(16)11-19)17(20)10-18(21)22-2/h3-9,17H,10,20H2,1-2H3. The summed E-state index contributed by atoms with van der Waals surface area (Å²) in [6.07, 6.45) is 0.107. The maximum absolute atomic E-state index is 11.4. The first-order valence-corrected chi connectivity index (χ1v) is 6.99. The molecule has 0 spiro atoms. The molecular formula is C18H18N2O2. The van der Waals surface area contributed by atoms with Crippen molar-refractivity contribution in [3.8, 4) is 17.2 Å². The molecule has 112 valence electrons. The van der Waals surface area contributed by atoms with Crippen LogP contribution in [0.25, 0.3) is 11.1 Å². The first kappa shape index (κ1) is 15.7. The molecule has 1 unspecified atom stereocenters. The van der Waals surface area contributed by atoms with E-state index in [1.54, 1.807) is 12.1 Å². The fourth-order valence-electron chi connectivity index (χ4n) is 2.37. The number of hydrogen-bond acceptors (Lipinski definition) is 4. The molecule has 0 aromatic heterocycles. The second-order valence-electron chi connectivity index (χ2n) is 5.12. The van der Waals surface area contributed by atoms with E-state index in [4.69, 9.17) is 5.73 Å². The predicted octanol–water partition coefficient (Wildman–Crippen LogP) is 3.10. The number of aryl methyl sites for hydroxylation is 1. The summed E-state index contributed by atoms with van der Waals surface area (Å²) in [6.45, 7) is 2.00. The molecular weight excluding hydrogens is 276 g/mol. The number of carbonyl (C=O) groups is 1. The lowest BCUT2D eigenvalue weighted by Crippen LogP contribution is -2.16. The fraction of sp³-hybridized carbons (Fsp3) is 0.222. The molecule has 4 nitrogen and oxygen atoms in total. The number of rotatable bonds is 4. The molecule has 0 saturated carbocycles. The second kappa shape index (κ2) is 6.88. The minimum absolute atomic E-state index is 0.107. The Morgan fingerprint density at radius 1 is 1.27 bits per heavy atom. The summed E-state index contributed by atoms with van der Waals surface area (Å²) in [5.74, 6) is -0.352. The Bertz CT molecular complexity index is 732. The van der Waals surface area contributed by atoms with Crippen molar-refractivity contribution in [1.29, 1.82) is 5.26 Å². The zero-order valence-electron chi connectivity index (χ0n) is 12.7. The van der Waals surface area contributed by atoms with Crippen LogP contribution in [0.2, 0.25) is 0 Å². The maximum atomic E-state index is 11.4. The predicted molar refractivity (Wildman–Crippen MR) is 84.9 cm³/mol. The van der Waals surface area contributed by atoms with Crippen molar-refractivity contribution >= 4 is 5.97 Å². The van der Waals surface area contributed by atoms with Crippen LogP contribution in [0.5, 0.6) is 0 Å². The SMILES string of the molecule is COC(=O)CC(N)c1ccc(C#N)c(-c2ccccc2C)c1. The molecule has 0 heterocycles. The van der Waals surface area contributed by atoms with Gasteiger partial charge in [0, 0.05) is 11.6 Å². The highest BCUT2D eigenvalue weighted by molar-refractivity contribution is 5.74. The highest BCUT2D eigenvalue weighted by Gasteiger charge is 2.15. The molecule has 2 rings (SSSR count). The molecule has 0 bridgehead atoms. The average molecular weight is 294 g/mol. The van der Waals surface area contributed by atoms with E-state index in [0.717, 1.165) is 22.3 Å². The van der Waals surface area contributed by atoms with E-state index in [1.165, 1.54) is 7.11 Å². The van der Waals surface area contributed by atoms with Crippen molar-refractivity contribution in [3.05, 3.63) is 59.2 Å². The first-order chi connectivity index (χ1) is 10.6. The third kappa shape index (κ3) is 3.33. The summed E-state index contributed by atoms with van der Waals surface area (Å²) in [7, 11) is 1.34. The highest BCUT2D eigenvalue weighted by Crippen LogP contribution is 2.29. The number of esters is 1. The van der Waals surface area contributed by atoms with Gasteiger partial charge in [-0.25, -0.2) is 0 Å². The summed E-state index contributed by atoms with van der Waals surface area (Å²) in [5, 5.41) is 9.33. The van der Waals surface area contributed by atoms with Gasteiger partial charge in [-0.2, -0.15) is 5.26 Å². The molecule has 0 amide bonds. The van der Waals surface area contributed by atoms with Crippen molar-refractivity contribution in [1.82, 2.24) is 0 Å². The molecule has 0 saturated heterocycles. The zero-order valence-corrected chi connectivity index (χ0v) is 12.7. The number of benzene rings is 2. The summed E-state index contributed by atoms with van der Waals surface area (Å²) in [4.78, 5) is 11.4. The monoisotopic (exact) mass is 294 g/mol. The lowest BCUT2D eigenvalue weighted by atomic mass is 9.92. The third-order valence-electron chi connectivity index (χ3n) is 3.64. The minimum atomic E-state index is -0.456. The van der Waals surface area contributed by atoms with Crippen molar-refractivity contribution in [2.45, 2.75) is 19.4 Å². The Morgan fingerprint density at radius 3 is 2.64 bits per heavy atom. The number of carbonyl (C=O) groups excluding carboxylic acids is 1. The Labute approximate surface area is 130 Å². The zero-order chi connectivity index (χ0) is 16.1. The summed E-state index contributed by atoms with van der Waals surface area (Å²) in [5.41, 5.74) is 10.4. The van der Waals surface area contributed by atoms with Crippen LogP contribution in [0.15, 0.2) is 42.5 Å². The number of nitrogens with zero attached hydrogens (tertiary/aromatic N) is 1. The smallest absolute Gasteiger partial charge is 0.307 e. The minimum Gasteiger partial charge on any atom is -0.469 e. The summed E-state index contributed by atoms with van der Waals surface area (Å²) >= 11 is 0. The van der Waals surface area contributed by atoms with Gasteiger partial charge in [0.2, 0.25) is 0 Å². The average Bonchev–Trinajstić information content (AvgIpc) is 2.54. The quantitative estimate of drug-likeness (QED) is 0.879. The van der Waals surface area contributed by atoms with Gasteiger partial charge in [-0.1, -0.05) is 30.3 Å². The van der Waals surface area contributed by atoms with Gasteiger partial charge >= 0.3 is 5.97 Å². The molecule has 0 aliphatic heterocycles. The molecule has 4 heteroatoms. The number of methoxy groups -OCH3 is 1. The van der Waals surface area contributed by atoms with Gasteiger partial charge < -0.3 is 10.5 Å². The van der Waals surface area contributed by atoms with Crippen LogP contribution >= 0.6 is 0 Å². The van der Waals surface area contributed by atoms with Gasteiger partial charge in [0.1, 0.15) is 0 Å². The van der Waals surface area contributed by atoms with Crippen molar-refractivity contribution in [2.24, 2.45) is 5.73 Å². The molecule has 0 radical (unpaired) electrons. The second-order valence-corrected chi connectivity index (χ2v) is 5.12. The van der Waals surface area contributed by atoms with E-state index in [9.17, 15) is 10.1 Å². The topological polar surface area (TPSA) is 76.1 Å². The van der Waals surface area contributed by atoms with E-state index < -0.39 is 6.04 Å². The van der Waals surface area contributed by atoms with Gasteiger partial charge in [0.05, 0.1) is 25.2 Å². The van der Waals surface area contributed by atoms with Crippen LogP contribution in [0.3, 0.4) is 0 Å². The lowest BCUT2D eigenvalue weighted by Gasteiger charge is -2.14. The summed E-state index contributed by atoms with van der Waals surface area (Å²) < 4.78 is 4.65. The molecule has 0 fully saturated rings. The maximum Gasteiger partial charge on any atom is 0.307 e. The van der Waals surface area contributed by atoms with Crippen LogP contribution in [0, 0.1) is 18.3 Å². The molecule has 2 aromatic carbocycles. The Balaban J connectivity index is 2.46. The number of nitriles is 1. The van der Waals surface area contributed by atoms with Gasteiger partial charge in [0.15, 0.2) is 0 Å². The normalized spacial score (nSPS) is 11.5. The molecule has 22 heavy (non-hydrogen) atoms. The molecule has 2 N–H and O–H groups in total. The van der Waals surface area contributed by atoms with Crippen LogP contribution in [0.4, 0.5) is 0 Å². The van der Waals surface area contributed by atoms with E-state index >= 15 is 0 Å². The van der Waals surface area contributed by atoms with Crippen LogP contribution in [-0.2, 0) is 9.53 Å². The molecule has 2 aromatic rings. The van der Waals surface area contributed by atoms with Gasteiger partial charge in [-0.15, -0.1) is 0 Å². The summed E-state index contributed by atoms with van der Waals surface area (Å²) in [6, 6.07) is 15.0. The van der Waals surface area contributed by atoms with Gasteiger partial charge in [-0.3, -0.25) is 4.79 Å². The Morgan fingerprint density at radius 2 is 2.00 bits per heavy atom. The van der Waals surface area contributed by atoms with E-state index in [2.05, 4.69) is 10.8 Å².